The fraction of sp³-hybridized carbons (Fsp3) is 0.448. The van der Waals surface area contributed by atoms with Crippen molar-refractivity contribution in [3.05, 3.63) is 98.9 Å². The van der Waals surface area contributed by atoms with E-state index < -0.39 is 0 Å². The van der Waals surface area contributed by atoms with E-state index >= 15 is 0 Å². The van der Waals surface area contributed by atoms with Gasteiger partial charge in [-0.2, -0.15) is 10.2 Å². The van der Waals surface area contributed by atoms with Crippen LogP contribution in [0.4, 0.5) is 5.82 Å². The van der Waals surface area contributed by atoms with Gasteiger partial charge in [-0.3, -0.25) is 9.36 Å². The van der Waals surface area contributed by atoms with Crippen LogP contribution in [-0.4, -0.2) is 115 Å². The molecule has 2 aliphatic carbocycles. The molecule has 2 fully saturated rings. The maximum atomic E-state index is 6.49. The molecule has 10 aromatic rings. The fourth-order valence-electron chi connectivity index (χ4n) is 9.63. The number of methoxy groups -OCH3 is 4. The summed E-state index contributed by atoms with van der Waals surface area (Å²) in [4.78, 5) is 25.6. The Hall–Kier alpha value is -7.43. The fourth-order valence-corrected chi connectivity index (χ4v) is 9.92. The number of anilines is 1. The number of aromatic amines is 2. The lowest BCUT2D eigenvalue weighted by Gasteiger charge is -2.10. The first kappa shape index (κ1) is 60.2. The van der Waals surface area contributed by atoms with Gasteiger partial charge in [0.2, 0.25) is 0 Å². The number of hydrogen-bond acceptors (Lipinski definition) is 17. The first-order valence-corrected chi connectivity index (χ1v) is 25.9. The Labute approximate surface area is 471 Å². The van der Waals surface area contributed by atoms with Gasteiger partial charge in [0, 0.05) is 96.7 Å². The molecule has 2 saturated carbocycles. The minimum Gasteiger partial charge on any atom is -0.496 e. The summed E-state index contributed by atoms with van der Waals surface area (Å²) in [6.07, 6.45) is 5.63. The average Bonchev–Trinajstić information content (AvgIpc) is 4.43. The van der Waals surface area contributed by atoms with Crippen molar-refractivity contribution in [3.63, 3.8) is 0 Å². The van der Waals surface area contributed by atoms with Gasteiger partial charge in [-0.15, -0.1) is 0 Å². The summed E-state index contributed by atoms with van der Waals surface area (Å²) in [6, 6.07) is 12.2. The minimum atomic E-state index is 0. The number of nitrogens with two attached hydrogens (primary N) is 1. The van der Waals surface area contributed by atoms with Crippen molar-refractivity contribution in [1.82, 2.24) is 59.8 Å². The number of nitrogens with one attached hydrogen (secondary N) is 2. The van der Waals surface area contributed by atoms with Gasteiger partial charge in [-0.25, -0.2) is 19.9 Å². The molecule has 0 saturated heterocycles. The number of fused-ring (bicyclic) bond motifs is 6. The highest BCUT2D eigenvalue weighted by Crippen LogP contribution is 2.44. The Morgan fingerprint density at radius 1 is 0.613 bits per heavy atom. The monoisotopic (exact) mass is 1120 g/mol. The maximum absolute atomic E-state index is 6.49. The standard InChI is InChI=1S/C28H32N6O4.C20H21ClN4O4.C7H11N3.3CH4/c1-15-26(16(2)38-33-15)20-12-22-19(13-24(20)36-5)27-23(11-18-10-21(17-6-7-17)32-34(18)3)29-25(31-28(27)30-22)14-37-9-8-35-4;1-10-17(11(2)29-25-10)13-7-14-12(8-15(13)27-4)18-19(21)23-16(24-20(18)22-14)9-28-6-5-26-3;1-10-7(8)4-6(9-10)5-2-3-5;;;/h10,12-13,17H,6-9,11,14H2,1-5H3,(H,29,30,31);7-8H,5-6,9H2,1-4H3,(H,22,23,24);4-5H,2-3,8H2,1H3;3*1H4. The summed E-state index contributed by atoms with van der Waals surface area (Å²) in [7, 11) is 10.5. The van der Waals surface area contributed by atoms with E-state index in [2.05, 4.69) is 53.5 Å². The Kier molecular flexibility index (Phi) is 19.4. The van der Waals surface area contributed by atoms with Crippen LogP contribution in [0.1, 0.15) is 117 Å². The highest BCUT2D eigenvalue weighted by Gasteiger charge is 2.29. The van der Waals surface area contributed by atoms with Gasteiger partial charge in [-0.05, 0) is 83.7 Å². The van der Waals surface area contributed by atoms with Crippen molar-refractivity contribution in [3.8, 4) is 33.8 Å². The van der Waals surface area contributed by atoms with Crippen molar-refractivity contribution in [2.75, 3.05) is 60.6 Å². The van der Waals surface area contributed by atoms with Crippen molar-refractivity contribution >= 4 is 61.3 Å². The third-order valence-corrected chi connectivity index (χ3v) is 14.1. The summed E-state index contributed by atoms with van der Waals surface area (Å²) in [5.41, 5.74) is 18.4. The van der Waals surface area contributed by atoms with Crippen LogP contribution in [0.3, 0.4) is 0 Å². The molecule has 0 bridgehead atoms. The zero-order chi connectivity index (χ0) is 54.1. The first-order chi connectivity index (χ1) is 37.3. The number of halogens is 1. The summed E-state index contributed by atoms with van der Waals surface area (Å²) < 4.78 is 47.3. The van der Waals surface area contributed by atoms with Crippen LogP contribution in [0, 0.1) is 27.7 Å². The van der Waals surface area contributed by atoms with E-state index in [1.54, 1.807) is 33.1 Å². The van der Waals surface area contributed by atoms with Crippen LogP contribution in [0.15, 0.2) is 45.4 Å². The highest BCUT2D eigenvalue weighted by molar-refractivity contribution is 6.36. The molecule has 0 amide bonds. The van der Waals surface area contributed by atoms with Crippen LogP contribution in [0.5, 0.6) is 11.5 Å². The van der Waals surface area contributed by atoms with Gasteiger partial charge in [-0.1, -0.05) is 44.2 Å². The molecular formula is C58H76ClN13O8. The Morgan fingerprint density at radius 2 is 1.09 bits per heavy atom. The van der Waals surface area contributed by atoms with Gasteiger partial charge in [0.05, 0.1) is 85.6 Å². The van der Waals surface area contributed by atoms with Crippen LogP contribution < -0.4 is 15.2 Å². The van der Waals surface area contributed by atoms with Crippen molar-refractivity contribution in [2.24, 2.45) is 14.1 Å². The van der Waals surface area contributed by atoms with E-state index in [1.165, 1.54) is 37.1 Å². The normalized spacial score (nSPS) is 12.9. The lowest BCUT2D eigenvalue weighted by molar-refractivity contribution is 0.0586. The molecular weight excluding hydrogens is 1040 g/mol. The Morgan fingerprint density at radius 3 is 1.54 bits per heavy atom. The number of rotatable bonds is 18. The molecule has 0 spiro atoms. The second-order valence-corrected chi connectivity index (χ2v) is 19.8. The first-order valence-electron chi connectivity index (χ1n) is 25.5. The lowest BCUT2D eigenvalue weighted by atomic mass is 10.00. The second kappa shape index (κ2) is 25.8. The molecule has 0 aliphatic heterocycles. The quantitative estimate of drug-likeness (QED) is 0.0533. The molecule has 22 heteroatoms. The van der Waals surface area contributed by atoms with Crippen LogP contribution in [0.25, 0.3) is 66.1 Å². The van der Waals surface area contributed by atoms with Crippen molar-refractivity contribution in [1.29, 1.82) is 0 Å². The molecule has 4 N–H and O–H groups in total. The summed E-state index contributed by atoms with van der Waals surface area (Å²) >= 11 is 6.49. The molecule has 0 unspecified atom stereocenters. The average molecular weight is 1120 g/mol. The van der Waals surface area contributed by atoms with Gasteiger partial charge in [0.15, 0.2) is 11.6 Å². The Balaban J connectivity index is 0.000000194. The van der Waals surface area contributed by atoms with E-state index in [1.807, 2.05) is 64.7 Å². The van der Waals surface area contributed by atoms with Crippen LogP contribution >= 0.6 is 11.6 Å². The predicted octanol–water partition coefficient (Wildman–Crippen LogP) is 11.8. The molecule has 12 rings (SSSR count). The minimum absolute atomic E-state index is 0. The van der Waals surface area contributed by atoms with Crippen LogP contribution in [0.2, 0.25) is 5.15 Å². The number of ether oxygens (including phenoxy) is 6. The lowest BCUT2D eigenvalue weighted by Crippen LogP contribution is -2.08. The molecule has 2 aromatic carbocycles. The van der Waals surface area contributed by atoms with Gasteiger partial charge in [0.1, 0.15) is 58.5 Å². The van der Waals surface area contributed by atoms with E-state index in [0.717, 1.165) is 106 Å². The van der Waals surface area contributed by atoms with E-state index in [0.29, 0.717) is 79.5 Å². The second-order valence-electron chi connectivity index (χ2n) is 19.4. The number of nitrogen functional groups attached to an aromatic ring is 1. The van der Waals surface area contributed by atoms with Gasteiger partial charge >= 0.3 is 0 Å². The van der Waals surface area contributed by atoms with Gasteiger partial charge < -0.3 is 53.2 Å². The third kappa shape index (κ3) is 12.6. The smallest absolute Gasteiger partial charge is 0.158 e. The molecule has 0 radical (unpaired) electrons. The van der Waals surface area contributed by atoms with Crippen LogP contribution in [-0.2, 0) is 52.7 Å². The number of benzene rings is 2. The largest absolute Gasteiger partial charge is 0.496 e. The zero-order valence-electron chi connectivity index (χ0n) is 45.1. The molecule has 428 valence electrons. The third-order valence-electron chi connectivity index (χ3n) is 13.9. The summed E-state index contributed by atoms with van der Waals surface area (Å²) in [6.45, 7) is 10.1. The van der Waals surface area contributed by atoms with E-state index in [-0.39, 0.29) is 28.9 Å². The Bertz CT molecular complexity index is 3670. The molecule has 21 nitrogen and oxygen atoms in total. The van der Waals surface area contributed by atoms with E-state index in [4.69, 9.17) is 69.9 Å². The molecule has 2 aliphatic rings. The maximum Gasteiger partial charge on any atom is 0.158 e. The number of aromatic nitrogens is 12. The SMILES string of the molecule is C.C.C.COCCOCc1nc(Cc2cc(C3CC3)nn2C)c2c(n1)[nH]c1cc(-c3c(C)noc3C)c(OC)cc12.COCCOCc1nc(Cl)c2c(n1)[nH]c1cc(-c3c(C)noc3C)c(OC)cc12.Cn1nc(C2CC2)cc1N. The number of nitrogens with zero attached hydrogens (tertiary/aromatic N) is 10. The molecule has 80 heavy (non-hydrogen) atoms. The molecule has 8 aromatic heterocycles. The number of H-pyrrole nitrogens is 2. The predicted molar refractivity (Wildman–Crippen MR) is 312 cm³/mol. The highest BCUT2D eigenvalue weighted by atomic mass is 35.5. The van der Waals surface area contributed by atoms with Gasteiger partial charge in [0.25, 0.3) is 0 Å². The summed E-state index contributed by atoms with van der Waals surface area (Å²) in [5, 5.41) is 21.2. The summed E-state index contributed by atoms with van der Waals surface area (Å²) in [5.74, 6) is 6.09. The van der Waals surface area contributed by atoms with Crippen molar-refractivity contribution in [2.45, 2.75) is 107 Å². The molecule has 0 atom stereocenters. The van der Waals surface area contributed by atoms with Crippen molar-refractivity contribution < 1.29 is 37.5 Å². The topological polar surface area (TPSA) is 252 Å². The number of hydrogen-bond donors (Lipinski definition) is 3. The van der Waals surface area contributed by atoms with E-state index in [9.17, 15) is 0 Å². The number of aryl methyl sites for hydroxylation is 6. The zero-order valence-corrected chi connectivity index (χ0v) is 45.8. The molecule has 8 heterocycles.